The molecule has 0 aliphatic rings. The highest BCUT2D eigenvalue weighted by atomic mass is 127. The average molecular weight is 372 g/mol. The number of benzene rings is 2. The van der Waals surface area contributed by atoms with Crippen LogP contribution < -0.4 is 15.8 Å². The van der Waals surface area contributed by atoms with Crippen LogP contribution in [0.25, 0.3) is 0 Å². The summed E-state index contributed by atoms with van der Waals surface area (Å²) in [5, 5.41) is 3.12. The minimum atomic E-state index is -0.275. The van der Waals surface area contributed by atoms with Gasteiger partial charge in [0, 0.05) is 12.6 Å². The zero-order chi connectivity index (χ0) is 13.8. The maximum absolute atomic E-state index is 13.5. The van der Waals surface area contributed by atoms with Crippen molar-refractivity contribution in [3.63, 3.8) is 0 Å². The van der Waals surface area contributed by atoms with Crippen molar-refractivity contribution < 1.29 is 9.13 Å². The van der Waals surface area contributed by atoms with Gasteiger partial charge in [0.1, 0.15) is 11.6 Å². The number of methoxy groups -OCH3 is 1. The third-order valence-corrected chi connectivity index (χ3v) is 3.54. The van der Waals surface area contributed by atoms with E-state index in [0.29, 0.717) is 21.5 Å². The van der Waals surface area contributed by atoms with Gasteiger partial charge in [-0.3, -0.25) is 0 Å². The van der Waals surface area contributed by atoms with Crippen molar-refractivity contribution in [1.29, 1.82) is 0 Å². The Morgan fingerprint density at radius 2 is 2.11 bits per heavy atom. The van der Waals surface area contributed by atoms with Gasteiger partial charge in [0.2, 0.25) is 0 Å². The zero-order valence-corrected chi connectivity index (χ0v) is 12.6. The van der Waals surface area contributed by atoms with Crippen LogP contribution in [0.5, 0.6) is 5.75 Å². The molecule has 0 saturated carbocycles. The number of halogens is 2. The Morgan fingerprint density at radius 3 is 2.84 bits per heavy atom. The Labute approximate surface area is 125 Å². The number of nitrogens with two attached hydrogens (primary N) is 1. The minimum Gasteiger partial charge on any atom is -0.497 e. The molecule has 3 nitrogen and oxygen atoms in total. The lowest BCUT2D eigenvalue weighted by molar-refractivity contribution is 0.414. The smallest absolute Gasteiger partial charge is 0.138 e. The Kier molecular flexibility index (Phi) is 4.47. The SMILES string of the molecule is COc1cccc(CNc2cc(F)c(I)cc2N)c1. The third kappa shape index (κ3) is 3.50. The van der Waals surface area contributed by atoms with E-state index < -0.39 is 0 Å². The molecule has 0 radical (unpaired) electrons. The highest BCUT2D eigenvalue weighted by Gasteiger charge is 2.05. The quantitative estimate of drug-likeness (QED) is 0.637. The molecule has 0 aliphatic carbocycles. The van der Waals surface area contributed by atoms with Crippen LogP contribution in [0, 0.1) is 9.39 Å². The zero-order valence-electron chi connectivity index (χ0n) is 10.4. The van der Waals surface area contributed by atoms with Gasteiger partial charge in [-0.1, -0.05) is 12.1 Å². The summed E-state index contributed by atoms with van der Waals surface area (Å²) in [6, 6.07) is 10.7. The first-order valence-electron chi connectivity index (χ1n) is 5.71. The number of hydrogen-bond donors (Lipinski definition) is 2. The second-order valence-electron chi connectivity index (χ2n) is 4.06. The van der Waals surface area contributed by atoms with E-state index in [0.717, 1.165) is 11.3 Å². The molecule has 0 aromatic heterocycles. The normalized spacial score (nSPS) is 10.3. The third-order valence-electron chi connectivity index (χ3n) is 2.71. The monoisotopic (exact) mass is 372 g/mol. The highest BCUT2D eigenvalue weighted by Crippen LogP contribution is 2.24. The second-order valence-corrected chi connectivity index (χ2v) is 5.22. The molecule has 0 spiro atoms. The molecule has 0 unspecified atom stereocenters. The van der Waals surface area contributed by atoms with Crippen molar-refractivity contribution in [3.05, 3.63) is 51.3 Å². The van der Waals surface area contributed by atoms with Crippen molar-refractivity contribution in [2.75, 3.05) is 18.2 Å². The number of rotatable bonds is 4. The van der Waals surface area contributed by atoms with E-state index in [1.807, 2.05) is 46.9 Å². The molecular formula is C14H14FIN2O. The van der Waals surface area contributed by atoms with Gasteiger partial charge in [-0.15, -0.1) is 0 Å². The molecule has 0 atom stereocenters. The first-order chi connectivity index (χ1) is 9.10. The molecule has 5 heteroatoms. The van der Waals surface area contributed by atoms with Crippen molar-refractivity contribution in [3.8, 4) is 5.75 Å². The summed E-state index contributed by atoms with van der Waals surface area (Å²) in [4.78, 5) is 0. The summed E-state index contributed by atoms with van der Waals surface area (Å²) in [5.74, 6) is 0.518. The van der Waals surface area contributed by atoms with Gasteiger partial charge in [0.05, 0.1) is 22.1 Å². The van der Waals surface area contributed by atoms with Crippen LogP contribution in [0.2, 0.25) is 0 Å². The first kappa shape index (κ1) is 13.9. The van der Waals surface area contributed by atoms with Gasteiger partial charge in [-0.05, 0) is 46.4 Å². The average Bonchev–Trinajstić information content (AvgIpc) is 2.41. The van der Waals surface area contributed by atoms with Crippen molar-refractivity contribution in [1.82, 2.24) is 0 Å². The molecule has 0 saturated heterocycles. The molecule has 2 aromatic rings. The van der Waals surface area contributed by atoms with Crippen molar-refractivity contribution in [2.45, 2.75) is 6.54 Å². The number of hydrogen-bond acceptors (Lipinski definition) is 3. The second kappa shape index (κ2) is 6.10. The fourth-order valence-corrected chi connectivity index (χ4v) is 2.19. The van der Waals surface area contributed by atoms with E-state index in [2.05, 4.69) is 5.32 Å². The largest absolute Gasteiger partial charge is 0.497 e. The number of anilines is 2. The van der Waals surface area contributed by atoms with Crippen LogP contribution in [0.15, 0.2) is 36.4 Å². The van der Waals surface area contributed by atoms with Gasteiger partial charge in [0.15, 0.2) is 0 Å². The van der Waals surface area contributed by atoms with Gasteiger partial charge >= 0.3 is 0 Å². The minimum absolute atomic E-state index is 0.275. The summed E-state index contributed by atoms with van der Waals surface area (Å²) in [7, 11) is 1.62. The summed E-state index contributed by atoms with van der Waals surface area (Å²) < 4.78 is 19.1. The van der Waals surface area contributed by atoms with Gasteiger partial charge in [-0.2, -0.15) is 0 Å². The fourth-order valence-electron chi connectivity index (χ4n) is 1.70. The maximum Gasteiger partial charge on any atom is 0.138 e. The molecule has 0 fully saturated rings. The summed E-state index contributed by atoms with van der Waals surface area (Å²) in [6.45, 7) is 0.557. The molecule has 0 aliphatic heterocycles. The van der Waals surface area contributed by atoms with E-state index in [4.69, 9.17) is 10.5 Å². The highest BCUT2D eigenvalue weighted by molar-refractivity contribution is 14.1. The van der Waals surface area contributed by atoms with Crippen molar-refractivity contribution in [2.24, 2.45) is 0 Å². The Morgan fingerprint density at radius 1 is 1.32 bits per heavy atom. The van der Waals surface area contributed by atoms with Gasteiger partial charge in [-0.25, -0.2) is 4.39 Å². The van der Waals surface area contributed by atoms with Crippen LogP contribution in [0.1, 0.15) is 5.56 Å². The predicted octanol–water partition coefficient (Wildman–Crippen LogP) is 3.63. The van der Waals surface area contributed by atoms with Gasteiger partial charge < -0.3 is 15.8 Å². The predicted molar refractivity (Wildman–Crippen MR) is 83.9 cm³/mol. The Balaban J connectivity index is 2.12. The molecule has 3 N–H and O–H groups in total. The van der Waals surface area contributed by atoms with Crippen LogP contribution in [-0.2, 0) is 6.54 Å². The summed E-state index contributed by atoms with van der Waals surface area (Å²) >= 11 is 1.92. The van der Waals surface area contributed by atoms with Crippen molar-refractivity contribution >= 4 is 34.0 Å². The lowest BCUT2D eigenvalue weighted by Gasteiger charge is -2.11. The lowest BCUT2D eigenvalue weighted by Crippen LogP contribution is -2.04. The fraction of sp³-hybridized carbons (Fsp3) is 0.143. The van der Waals surface area contributed by atoms with Crippen LogP contribution in [0.3, 0.4) is 0 Å². The molecule has 0 heterocycles. The molecule has 0 amide bonds. The van der Waals surface area contributed by atoms with E-state index in [9.17, 15) is 4.39 Å². The summed E-state index contributed by atoms with van der Waals surface area (Å²) in [5.41, 5.74) is 8.03. The van der Waals surface area contributed by atoms with E-state index >= 15 is 0 Å². The number of ether oxygens (including phenoxy) is 1. The molecule has 2 aromatic carbocycles. The molecule has 100 valence electrons. The number of nitrogen functional groups attached to an aromatic ring is 1. The van der Waals surface area contributed by atoms with Crippen LogP contribution in [-0.4, -0.2) is 7.11 Å². The van der Waals surface area contributed by atoms with E-state index in [1.165, 1.54) is 6.07 Å². The Hall–Kier alpha value is -1.50. The molecule has 0 bridgehead atoms. The Bertz CT molecular complexity index is 590. The molecule has 2 rings (SSSR count). The standard InChI is InChI=1S/C14H14FIN2O/c1-19-10-4-2-3-9(5-10)8-18-14-6-11(15)12(16)7-13(14)17/h2-7,18H,8,17H2,1H3. The maximum atomic E-state index is 13.5. The van der Waals surface area contributed by atoms with Gasteiger partial charge in [0.25, 0.3) is 0 Å². The van der Waals surface area contributed by atoms with Crippen LogP contribution >= 0.6 is 22.6 Å². The summed E-state index contributed by atoms with van der Waals surface area (Å²) in [6.07, 6.45) is 0. The van der Waals surface area contributed by atoms with E-state index in [-0.39, 0.29) is 5.82 Å². The topological polar surface area (TPSA) is 47.3 Å². The van der Waals surface area contributed by atoms with E-state index in [1.54, 1.807) is 13.2 Å². The first-order valence-corrected chi connectivity index (χ1v) is 6.79. The molecular weight excluding hydrogens is 358 g/mol. The van der Waals surface area contributed by atoms with Crippen LogP contribution in [0.4, 0.5) is 15.8 Å². The lowest BCUT2D eigenvalue weighted by atomic mass is 10.2. The number of nitrogens with one attached hydrogen (secondary N) is 1. The molecule has 19 heavy (non-hydrogen) atoms.